The van der Waals surface area contributed by atoms with Gasteiger partial charge in [-0.15, -0.1) is 11.3 Å². The molecule has 0 aromatic carbocycles. The summed E-state index contributed by atoms with van der Waals surface area (Å²) in [7, 11) is -3.43. The van der Waals surface area contributed by atoms with E-state index in [1.54, 1.807) is 6.92 Å². The number of hydrogen-bond donors (Lipinski definition) is 2. The summed E-state index contributed by atoms with van der Waals surface area (Å²) in [5.74, 6) is 0.388. The van der Waals surface area contributed by atoms with Crippen LogP contribution in [0, 0.1) is 5.92 Å². The number of Topliss-reactive ketones (excluding diaryl/α,β-unsaturated/α-hetero) is 1. The summed E-state index contributed by atoms with van der Waals surface area (Å²) in [6.45, 7) is 3.71. The number of nitrogen functional groups attached to an aromatic ring is 1. The van der Waals surface area contributed by atoms with Crippen LogP contribution < -0.4 is 11.1 Å². The van der Waals surface area contributed by atoms with E-state index < -0.39 is 9.84 Å². The summed E-state index contributed by atoms with van der Waals surface area (Å²) < 4.78 is 24.2. The average molecular weight is 302 g/mol. The van der Waals surface area contributed by atoms with Crippen LogP contribution in [-0.4, -0.2) is 26.5 Å². The molecule has 106 valence electrons. The number of sulfone groups is 1. The van der Waals surface area contributed by atoms with Gasteiger partial charge in [-0.2, -0.15) is 0 Å². The number of thiophene rings is 1. The van der Waals surface area contributed by atoms with Crippen molar-refractivity contribution in [2.75, 3.05) is 23.3 Å². The van der Waals surface area contributed by atoms with Gasteiger partial charge in [0.25, 0.3) is 0 Å². The Labute approximate surface area is 117 Å². The molecule has 1 aliphatic carbocycles. The van der Waals surface area contributed by atoms with Crippen molar-refractivity contribution in [3.8, 4) is 0 Å². The maximum Gasteiger partial charge on any atom is 0.183 e. The molecule has 1 aliphatic rings. The lowest BCUT2D eigenvalue weighted by molar-refractivity contribution is 0.102. The van der Waals surface area contributed by atoms with Crippen molar-refractivity contribution in [2.24, 2.45) is 5.92 Å². The average Bonchev–Trinajstić information content (AvgIpc) is 3.09. The molecule has 3 N–H and O–H groups in total. The van der Waals surface area contributed by atoms with E-state index in [1.165, 1.54) is 19.8 Å². The topological polar surface area (TPSA) is 89.3 Å². The Balaban J connectivity index is 2.43. The van der Waals surface area contributed by atoms with Gasteiger partial charge in [-0.3, -0.25) is 4.79 Å². The van der Waals surface area contributed by atoms with Crippen LogP contribution in [-0.2, 0) is 9.84 Å². The van der Waals surface area contributed by atoms with Crippen LogP contribution >= 0.6 is 11.3 Å². The molecule has 1 aromatic rings. The molecule has 1 fully saturated rings. The predicted octanol–water partition coefficient (Wildman–Crippen LogP) is 2.15. The molecule has 1 aromatic heterocycles. The third kappa shape index (κ3) is 2.92. The lowest BCUT2D eigenvalue weighted by Crippen LogP contribution is -2.10. The minimum Gasteiger partial charge on any atom is -0.396 e. The Kier molecular flexibility index (Phi) is 3.87. The second-order valence-electron chi connectivity index (χ2n) is 4.79. The zero-order chi connectivity index (χ0) is 14.2. The molecular weight excluding hydrogens is 284 g/mol. The van der Waals surface area contributed by atoms with Crippen molar-refractivity contribution in [1.29, 1.82) is 0 Å². The molecule has 1 heterocycles. The molecule has 0 bridgehead atoms. The maximum absolute atomic E-state index is 12.1. The third-order valence-corrected chi connectivity index (χ3v) is 6.36. The van der Waals surface area contributed by atoms with Crippen LogP contribution in [0.2, 0.25) is 0 Å². The molecule has 1 saturated carbocycles. The fourth-order valence-corrected chi connectivity index (χ4v) is 4.39. The van der Waals surface area contributed by atoms with E-state index in [9.17, 15) is 13.2 Å². The van der Waals surface area contributed by atoms with E-state index in [1.807, 2.05) is 0 Å². The Morgan fingerprint density at radius 3 is 2.58 bits per heavy atom. The van der Waals surface area contributed by atoms with E-state index in [2.05, 4.69) is 5.32 Å². The number of anilines is 2. The first-order chi connectivity index (χ1) is 8.86. The van der Waals surface area contributed by atoms with Crippen LogP contribution in [0.3, 0.4) is 0 Å². The summed E-state index contributed by atoms with van der Waals surface area (Å²) in [4.78, 5) is 11.9. The van der Waals surface area contributed by atoms with E-state index in [-0.39, 0.29) is 22.1 Å². The fraction of sp³-hybridized carbons (Fsp3) is 0.583. The molecule has 0 unspecified atom stereocenters. The summed E-state index contributed by atoms with van der Waals surface area (Å²) in [6.07, 6.45) is 2.34. The van der Waals surface area contributed by atoms with Crippen LogP contribution in [0.5, 0.6) is 0 Å². The molecule has 0 saturated heterocycles. The first kappa shape index (κ1) is 14.3. The highest BCUT2D eigenvalue weighted by Crippen LogP contribution is 2.41. The normalized spacial score (nSPS) is 15.5. The van der Waals surface area contributed by atoms with Gasteiger partial charge in [-0.05, 0) is 18.8 Å². The lowest BCUT2D eigenvalue weighted by atomic mass is 10.3. The van der Waals surface area contributed by atoms with Crippen molar-refractivity contribution in [3.05, 3.63) is 4.88 Å². The molecule has 19 heavy (non-hydrogen) atoms. The summed E-state index contributed by atoms with van der Waals surface area (Å²) in [5, 5.41) is 3.65. The summed E-state index contributed by atoms with van der Waals surface area (Å²) >= 11 is 1.14. The van der Waals surface area contributed by atoms with E-state index in [4.69, 9.17) is 5.73 Å². The highest BCUT2D eigenvalue weighted by Gasteiger charge is 2.29. The smallest absolute Gasteiger partial charge is 0.183 e. The van der Waals surface area contributed by atoms with Crippen LogP contribution in [0.4, 0.5) is 10.7 Å². The monoisotopic (exact) mass is 302 g/mol. The van der Waals surface area contributed by atoms with Gasteiger partial charge in [0.15, 0.2) is 15.6 Å². The molecule has 2 rings (SSSR count). The van der Waals surface area contributed by atoms with Gasteiger partial charge >= 0.3 is 0 Å². The number of carbonyl (C=O) groups excluding carboxylic acids is 1. The molecule has 0 atom stereocenters. The lowest BCUT2D eigenvalue weighted by Gasteiger charge is -2.07. The largest absolute Gasteiger partial charge is 0.396 e. The fourth-order valence-electron chi connectivity index (χ4n) is 1.82. The third-order valence-electron chi connectivity index (χ3n) is 3.16. The van der Waals surface area contributed by atoms with E-state index in [0.29, 0.717) is 15.8 Å². The highest BCUT2D eigenvalue weighted by atomic mass is 32.2. The second-order valence-corrected chi connectivity index (χ2v) is 8.02. The number of ketones is 1. The van der Waals surface area contributed by atoms with Gasteiger partial charge in [0.1, 0.15) is 9.90 Å². The van der Waals surface area contributed by atoms with Crippen molar-refractivity contribution in [3.63, 3.8) is 0 Å². The van der Waals surface area contributed by atoms with Crippen molar-refractivity contribution in [2.45, 2.75) is 31.6 Å². The zero-order valence-corrected chi connectivity index (χ0v) is 12.7. The van der Waals surface area contributed by atoms with Gasteiger partial charge in [0.05, 0.1) is 16.3 Å². The van der Waals surface area contributed by atoms with Crippen LogP contribution in [0.1, 0.15) is 36.4 Å². The molecule has 7 heteroatoms. The van der Waals surface area contributed by atoms with E-state index >= 15 is 0 Å². The van der Waals surface area contributed by atoms with E-state index in [0.717, 1.165) is 17.9 Å². The molecule has 0 radical (unpaired) electrons. The molecule has 0 aliphatic heterocycles. The minimum absolute atomic E-state index is 0.0244. The summed E-state index contributed by atoms with van der Waals surface area (Å²) in [6, 6.07) is 0. The van der Waals surface area contributed by atoms with Gasteiger partial charge in [-0.1, -0.05) is 6.92 Å². The SMILES string of the molecule is CCS(=O)(=O)c1c(NCC2CC2)sc(C(C)=O)c1N. The standard InChI is InChI=1S/C12H18N2O3S2/c1-3-19(16,17)11-9(13)10(7(2)15)18-12(11)14-6-8-4-5-8/h8,14H,3-6,13H2,1-2H3. The Bertz CT molecular complexity index is 601. The molecular formula is C12H18N2O3S2. The number of hydrogen-bond acceptors (Lipinski definition) is 6. The van der Waals surface area contributed by atoms with Crippen molar-refractivity contribution in [1.82, 2.24) is 0 Å². The van der Waals surface area contributed by atoms with Gasteiger partial charge in [0, 0.05) is 13.5 Å². The Morgan fingerprint density at radius 2 is 2.11 bits per heavy atom. The van der Waals surface area contributed by atoms with Crippen molar-refractivity contribution < 1.29 is 13.2 Å². The Morgan fingerprint density at radius 1 is 1.47 bits per heavy atom. The van der Waals surface area contributed by atoms with Gasteiger partial charge in [0.2, 0.25) is 0 Å². The first-order valence-electron chi connectivity index (χ1n) is 6.26. The maximum atomic E-state index is 12.1. The van der Waals surface area contributed by atoms with Gasteiger partial charge in [-0.25, -0.2) is 8.42 Å². The highest BCUT2D eigenvalue weighted by molar-refractivity contribution is 7.91. The van der Waals surface area contributed by atoms with Gasteiger partial charge < -0.3 is 11.1 Å². The predicted molar refractivity (Wildman–Crippen MR) is 77.7 cm³/mol. The quantitative estimate of drug-likeness (QED) is 0.786. The first-order valence-corrected chi connectivity index (χ1v) is 8.73. The van der Waals surface area contributed by atoms with Crippen LogP contribution in [0.15, 0.2) is 4.90 Å². The summed E-state index contributed by atoms with van der Waals surface area (Å²) in [5.41, 5.74) is 5.95. The van der Waals surface area contributed by atoms with Crippen LogP contribution in [0.25, 0.3) is 0 Å². The number of nitrogens with one attached hydrogen (secondary N) is 1. The number of carbonyl (C=O) groups is 1. The molecule has 5 nitrogen and oxygen atoms in total. The molecule has 0 spiro atoms. The zero-order valence-electron chi connectivity index (χ0n) is 11.0. The second kappa shape index (κ2) is 5.13. The number of nitrogens with two attached hydrogens (primary N) is 1. The molecule has 0 amide bonds. The Hall–Kier alpha value is -1.08. The number of rotatable bonds is 6. The minimum atomic E-state index is -3.43. The van der Waals surface area contributed by atoms with Crippen molar-refractivity contribution >= 4 is 37.6 Å².